The molecular weight excluding hydrogens is 372 g/mol. The lowest BCUT2D eigenvalue weighted by atomic mass is 10.1. The second-order valence-corrected chi connectivity index (χ2v) is 7.25. The van der Waals surface area contributed by atoms with Crippen molar-refractivity contribution in [3.05, 3.63) is 50.3 Å². The molecule has 0 aliphatic rings. The normalized spacial score (nSPS) is 11.6. The van der Waals surface area contributed by atoms with E-state index in [0.717, 1.165) is 16.2 Å². The second kappa shape index (κ2) is 6.65. The number of alkyl halides is 2. The van der Waals surface area contributed by atoms with Crippen molar-refractivity contribution >= 4 is 39.8 Å². The van der Waals surface area contributed by atoms with Gasteiger partial charge in [0.2, 0.25) is 0 Å². The van der Waals surface area contributed by atoms with Gasteiger partial charge in [0, 0.05) is 16.0 Å². The molecular formula is C17H14ClF2NO3S. The van der Waals surface area contributed by atoms with Gasteiger partial charge in [0.1, 0.15) is 5.75 Å². The van der Waals surface area contributed by atoms with Crippen LogP contribution in [0.1, 0.15) is 27.4 Å². The van der Waals surface area contributed by atoms with Crippen LogP contribution in [0.3, 0.4) is 0 Å². The van der Waals surface area contributed by atoms with Gasteiger partial charge in [0.15, 0.2) is 0 Å². The first-order valence-corrected chi connectivity index (χ1v) is 8.56. The lowest BCUT2D eigenvalue weighted by Gasteiger charge is -2.08. The zero-order valence-corrected chi connectivity index (χ0v) is 14.7. The van der Waals surface area contributed by atoms with Crippen molar-refractivity contribution in [2.75, 3.05) is 0 Å². The molecule has 0 aliphatic carbocycles. The highest BCUT2D eigenvalue weighted by molar-refractivity contribution is 7.12. The molecule has 25 heavy (non-hydrogen) atoms. The summed E-state index contributed by atoms with van der Waals surface area (Å²) in [6.07, 6.45) is -2.72. The average molecular weight is 386 g/mol. The smallest absolute Gasteiger partial charge is 0.307 e. The molecule has 0 atom stereocenters. The van der Waals surface area contributed by atoms with E-state index in [-0.39, 0.29) is 22.1 Å². The third-order valence-corrected chi connectivity index (χ3v) is 5.44. The maximum absolute atomic E-state index is 12.8. The number of hydrogen-bond donors (Lipinski definition) is 2. The Labute approximate surface area is 150 Å². The summed E-state index contributed by atoms with van der Waals surface area (Å²) in [6.45, 7) is 2.09. The van der Waals surface area contributed by atoms with Crippen molar-refractivity contribution in [2.45, 2.75) is 26.3 Å². The molecule has 3 rings (SSSR count). The summed E-state index contributed by atoms with van der Waals surface area (Å²) in [7, 11) is 0. The second-order valence-electron chi connectivity index (χ2n) is 5.65. The quantitative estimate of drug-likeness (QED) is 0.650. The first kappa shape index (κ1) is 17.7. The van der Waals surface area contributed by atoms with Gasteiger partial charge >= 0.3 is 5.97 Å². The van der Waals surface area contributed by atoms with Gasteiger partial charge in [0.05, 0.1) is 28.4 Å². The Kier molecular flexibility index (Phi) is 4.71. The molecule has 0 aliphatic heterocycles. The molecule has 1 aromatic carbocycles. The first-order chi connectivity index (χ1) is 11.8. The van der Waals surface area contributed by atoms with Gasteiger partial charge in [0.25, 0.3) is 6.43 Å². The van der Waals surface area contributed by atoms with Crippen molar-refractivity contribution in [1.82, 2.24) is 4.57 Å². The molecule has 0 unspecified atom stereocenters. The lowest BCUT2D eigenvalue weighted by molar-refractivity contribution is -0.136. The molecule has 2 heterocycles. The van der Waals surface area contributed by atoms with Gasteiger partial charge < -0.3 is 14.8 Å². The molecule has 0 saturated carbocycles. The van der Waals surface area contributed by atoms with Crippen LogP contribution in [0.5, 0.6) is 5.75 Å². The number of halogens is 3. The third-order valence-electron chi connectivity index (χ3n) is 4.06. The van der Waals surface area contributed by atoms with E-state index in [9.17, 15) is 18.7 Å². The van der Waals surface area contributed by atoms with E-state index in [1.807, 2.05) is 4.57 Å². The van der Waals surface area contributed by atoms with Crippen LogP contribution in [0.15, 0.2) is 24.3 Å². The largest absolute Gasteiger partial charge is 0.506 e. The van der Waals surface area contributed by atoms with Gasteiger partial charge in [-0.25, -0.2) is 8.78 Å². The zero-order valence-electron chi connectivity index (χ0n) is 13.1. The number of fused-ring (bicyclic) bond motifs is 1. The van der Waals surface area contributed by atoms with Crippen molar-refractivity contribution in [2.24, 2.45) is 0 Å². The van der Waals surface area contributed by atoms with Crippen LogP contribution >= 0.6 is 22.9 Å². The summed E-state index contributed by atoms with van der Waals surface area (Å²) >= 11 is 7.01. The predicted octanol–water partition coefficient (Wildman–Crippen LogP) is 4.98. The van der Waals surface area contributed by atoms with Crippen LogP contribution in [0.4, 0.5) is 8.78 Å². The van der Waals surface area contributed by atoms with Crippen molar-refractivity contribution in [1.29, 1.82) is 0 Å². The number of rotatable bonds is 5. The summed E-state index contributed by atoms with van der Waals surface area (Å²) in [5, 5.41) is 19.8. The number of thiophene rings is 1. The van der Waals surface area contributed by atoms with Crippen molar-refractivity contribution in [3.8, 4) is 5.75 Å². The van der Waals surface area contributed by atoms with Crippen LogP contribution in [-0.2, 0) is 17.8 Å². The number of carboxylic acid groups (broad SMARTS) is 1. The number of phenols is 1. The van der Waals surface area contributed by atoms with E-state index in [4.69, 9.17) is 16.7 Å². The van der Waals surface area contributed by atoms with E-state index in [1.54, 1.807) is 19.1 Å². The highest BCUT2D eigenvalue weighted by Crippen LogP contribution is 2.36. The number of aromatic nitrogens is 1. The predicted molar refractivity (Wildman–Crippen MR) is 93.1 cm³/mol. The van der Waals surface area contributed by atoms with Crippen LogP contribution in [0, 0.1) is 6.92 Å². The summed E-state index contributed by atoms with van der Waals surface area (Å²) in [4.78, 5) is 11.9. The fourth-order valence-electron chi connectivity index (χ4n) is 2.89. The van der Waals surface area contributed by atoms with Crippen molar-refractivity contribution in [3.63, 3.8) is 0 Å². The Balaban J connectivity index is 2.14. The maximum atomic E-state index is 12.8. The Morgan fingerprint density at radius 1 is 1.36 bits per heavy atom. The number of carboxylic acids is 1. The minimum Gasteiger partial charge on any atom is -0.506 e. The van der Waals surface area contributed by atoms with Gasteiger partial charge in [-0.1, -0.05) is 11.6 Å². The average Bonchev–Trinajstić information content (AvgIpc) is 3.08. The summed E-state index contributed by atoms with van der Waals surface area (Å²) in [5.74, 6) is -1.12. The first-order valence-electron chi connectivity index (χ1n) is 7.36. The minimum atomic E-state index is -2.52. The van der Waals surface area contributed by atoms with E-state index >= 15 is 0 Å². The SMILES string of the molecule is Cc1c(CC(=O)O)c2cc(O)c(Cl)cc2n1Cc1ccc(C(F)F)s1. The van der Waals surface area contributed by atoms with Crippen molar-refractivity contribution < 1.29 is 23.8 Å². The third kappa shape index (κ3) is 3.34. The van der Waals surface area contributed by atoms with Gasteiger partial charge in [-0.3, -0.25) is 4.79 Å². The van der Waals surface area contributed by atoms with Crippen LogP contribution in [0.25, 0.3) is 10.9 Å². The Bertz CT molecular complexity index is 965. The molecule has 132 valence electrons. The van der Waals surface area contributed by atoms with Gasteiger partial charge in [-0.2, -0.15) is 0 Å². The number of aliphatic carboxylic acids is 1. The molecule has 2 aromatic heterocycles. The Hall–Kier alpha value is -2.12. The topological polar surface area (TPSA) is 62.5 Å². The Morgan fingerprint density at radius 2 is 2.08 bits per heavy atom. The summed E-state index contributed by atoms with van der Waals surface area (Å²) in [5.41, 5.74) is 1.93. The molecule has 3 aromatic rings. The number of aromatic hydroxyl groups is 1. The standard InChI is InChI=1S/C17H14ClF2NO3S/c1-8-10(5-16(23)24)11-4-14(22)12(18)6-13(11)21(8)7-9-2-3-15(25-9)17(19)20/h2-4,6,17,22H,5,7H2,1H3,(H,23,24). The van der Waals surface area contributed by atoms with Crippen LogP contribution < -0.4 is 0 Å². The summed E-state index contributed by atoms with van der Waals surface area (Å²) in [6, 6.07) is 6.03. The molecule has 4 nitrogen and oxygen atoms in total. The maximum Gasteiger partial charge on any atom is 0.307 e. The van der Waals surface area contributed by atoms with E-state index in [2.05, 4.69) is 0 Å². The minimum absolute atomic E-state index is 0.00875. The van der Waals surface area contributed by atoms with Crippen LogP contribution in [-0.4, -0.2) is 20.7 Å². The van der Waals surface area contributed by atoms with E-state index in [0.29, 0.717) is 28.7 Å². The highest BCUT2D eigenvalue weighted by atomic mass is 35.5. The summed E-state index contributed by atoms with van der Waals surface area (Å²) < 4.78 is 27.4. The van der Waals surface area contributed by atoms with Gasteiger partial charge in [-0.15, -0.1) is 11.3 Å². The fourth-order valence-corrected chi connectivity index (χ4v) is 3.90. The van der Waals surface area contributed by atoms with E-state index in [1.165, 1.54) is 12.1 Å². The molecule has 0 saturated heterocycles. The lowest BCUT2D eigenvalue weighted by Crippen LogP contribution is -2.04. The molecule has 0 fully saturated rings. The molecule has 0 radical (unpaired) electrons. The molecule has 2 N–H and O–H groups in total. The van der Waals surface area contributed by atoms with Crippen LogP contribution in [0.2, 0.25) is 5.02 Å². The molecule has 8 heteroatoms. The number of carbonyl (C=O) groups is 1. The van der Waals surface area contributed by atoms with Gasteiger partial charge in [-0.05, 0) is 36.8 Å². The molecule has 0 spiro atoms. The van der Waals surface area contributed by atoms with E-state index < -0.39 is 12.4 Å². The number of phenolic OH excluding ortho intramolecular Hbond substituents is 1. The zero-order chi connectivity index (χ0) is 18.3. The number of nitrogens with zero attached hydrogens (tertiary/aromatic N) is 1. The number of hydrogen-bond acceptors (Lipinski definition) is 3. The molecule has 0 bridgehead atoms. The molecule has 0 amide bonds. The fraction of sp³-hybridized carbons (Fsp3) is 0.235. The Morgan fingerprint density at radius 3 is 2.68 bits per heavy atom. The highest BCUT2D eigenvalue weighted by Gasteiger charge is 2.19. The number of benzene rings is 1. The monoisotopic (exact) mass is 385 g/mol.